The Hall–Kier alpha value is 0.459. The molecule has 0 spiro atoms. The molecule has 0 aromatic heterocycles. The molecule has 0 unspecified atom stereocenters. The van der Waals surface area contributed by atoms with Gasteiger partial charge in [0, 0.05) is 30.8 Å². The van der Waals surface area contributed by atoms with Crippen LogP contribution in [0.4, 0.5) is 4.79 Å². The van der Waals surface area contributed by atoms with Crippen LogP contribution in [0.15, 0.2) is 4.99 Å². The summed E-state index contributed by atoms with van der Waals surface area (Å²) in [6, 6.07) is -5.66. The van der Waals surface area contributed by atoms with Gasteiger partial charge in [0.15, 0.2) is 0 Å². The van der Waals surface area contributed by atoms with Crippen LogP contribution in [-0.2, 0) is 19.2 Å². The first kappa shape index (κ1) is 38.1. The van der Waals surface area contributed by atoms with Crippen LogP contribution in [0.1, 0.15) is 12.8 Å². The van der Waals surface area contributed by atoms with Crippen molar-refractivity contribution < 1.29 is 152 Å². The zero-order valence-corrected chi connectivity index (χ0v) is 22.2. The number of amides is 2. The smallest absolute Gasteiger partial charge is 0.847 e. The molecule has 0 rings (SSSR count). The average Bonchev–Trinajstić information content (AvgIpc) is 2.35. The van der Waals surface area contributed by atoms with E-state index in [0.29, 0.717) is 0 Å². The first-order chi connectivity index (χ1) is 10.9. The molecule has 0 aliphatic carbocycles. The minimum Gasteiger partial charge on any atom is -0.847 e. The van der Waals surface area contributed by atoms with Crippen LogP contribution in [0.2, 0.25) is 0 Å². The van der Waals surface area contributed by atoms with Crippen molar-refractivity contribution in [2.24, 2.45) is 16.5 Å². The van der Waals surface area contributed by atoms with Crippen LogP contribution in [0.5, 0.6) is 0 Å². The molecule has 0 saturated heterocycles. The predicted octanol–water partition coefficient (Wildman–Crippen LogP) is -14.2. The number of amidine groups is 1. The summed E-state index contributed by atoms with van der Waals surface area (Å²) in [6.45, 7) is 0. The number of nitrogens with one attached hydrogen (secondary N) is 1. The third-order valence-corrected chi connectivity index (χ3v) is 1.90. The number of urea groups is 1. The molecule has 17 heteroatoms. The van der Waals surface area contributed by atoms with Gasteiger partial charge in [-0.1, -0.05) is 0 Å². The molecule has 0 aliphatic rings. The average molecular weight is 451 g/mol. The van der Waals surface area contributed by atoms with Crippen LogP contribution >= 0.6 is 0 Å². The molecule has 14 nitrogen and oxygen atoms in total. The molecule has 0 fully saturated rings. The van der Waals surface area contributed by atoms with E-state index in [1.54, 1.807) is 5.32 Å². The predicted molar refractivity (Wildman–Crippen MR) is 69.6 cm³/mol. The molecule has 0 aliphatic heterocycles. The van der Waals surface area contributed by atoms with Crippen LogP contribution in [0.3, 0.4) is 0 Å². The first-order valence-electron chi connectivity index (χ1n) is 5.76. The van der Waals surface area contributed by atoms with Gasteiger partial charge in [-0.3, -0.25) is 4.99 Å². The van der Waals surface area contributed by atoms with Crippen LogP contribution in [-0.4, -0.2) is 76.2 Å². The quantitative estimate of drug-likeness (QED) is 0.153. The summed E-state index contributed by atoms with van der Waals surface area (Å²) in [6.07, 6.45) is -1.73. The van der Waals surface area contributed by atoms with Gasteiger partial charge in [-0.25, -0.2) is 9.59 Å². The first-order valence-corrected chi connectivity index (χ1v) is 5.76. The van der Waals surface area contributed by atoms with Crippen LogP contribution in [0.25, 0.3) is 0 Å². The van der Waals surface area contributed by atoms with Gasteiger partial charge < -0.3 is 56.7 Å². The Kier molecular flexibility index (Phi) is 29.9. The number of carboxylic acid groups (broad SMARTS) is 4. The molecule has 0 heterocycles. The van der Waals surface area contributed by atoms with Gasteiger partial charge in [-0.15, -0.1) is 0 Å². The fraction of sp³-hybridized carbons (Fsp3) is 0.400. The largest absolute Gasteiger partial charge is 2.00 e. The summed E-state index contributed by atoms with van der Waals surface area (Å²) in [5, 5.41) is 50.0. The number of nitrogens with zero attached hydrogens (tertiary/aromatic N) is 1. The normalized spacial score (nSPS) is 11.3. The minimum absolute atomic E-state index is 0. The number of rotatable bonds is 8. The molecule has 0 radical (unpaired) electrons. The number of nitrogens with two attached hydrogens (primary N) is 2. The molecule has 0 aromatic rings. The zero-order valence-electron chi connectivity index (χ0n) is 14.5. The van der Waals surface area contributed by atoms with Crippen molar-refractivity contribution in [2.75, 3.05) is 0 Å². The maximum Gasteiger partial charge on any atom is 2.00 e. The van der Waals surface area contributed by atoms with E-state index in [1.807, 2.05) is 0 Å². The Balaban J connectivity index is -0.000000108. The molecular formula is C10H12K2MgN4O10. The van der Waals surface area contributed by atoms with Gasteiger partial charge in [-0.2, -0.15) is 0 Å². The van der Waals surface area contributed by atoms with E-state index in [0.717, 1.165) is 0 Å². The van der Waals surface area contributed by atoms with Gasteiger partial charge in [0.1, 0.15) is 6.04 Å². The molecule has 0 bridgehead atoms. The summed E-state index contributed by atoms with van der Waals surface area (Å²) in [5.41, 5.74) is 9.08. The number of aliphatic imine (C=N–C) groups is 1. The van der Waals surface area contributed by atoms with E-state index < -0.39 is 60.9 Å². The second-order valence-electron chi connectivity index (χ2n) is 3.85. The van der Waals surface area contributed by atoms with Crippen molar-refractivity contribution >= 4 is 59.0 Å². The van der Waals surface area contributed by atoms with Crippen molar-refractivity contribution in [2.45, 2.75) is 24.9 Å². The molecule has 0 aromatic carbocycles. The van der Waals surface area contributed by atoms with Crippen molar-refractivity contribution in [3.63, 3.8) is 0 Å². The number of aliphatic carboxylic acids is 4. The molecule has 0 saturated carbocycles. The minimum atomic E-state index is -1.78. The molecule has 2 atom stereocenters. The Morgan fingerprint density at radius 1 is 0.926 bits per heavy atom. The second kappa shape index (κ2) is 21.2. The summed E-state index contributed by atoms with van der Waals surface area (Å²) in [5.74, 6) is -6.47. The van der Waals surface area contributed by atoms with Crippen molar-refractivity contribution in [1.82, 2.24) is 5.32 Å². The van der Waals surface area contributed by atoms with Crippen molar-refractivity contribution in [3.8, 4) is 0 Å². The number of hydrogen-bond donors (Lipinski definition) is 4. The standard InChI is InChI=1S/2C5H8N2O5.2K.Mg/c2*6-5(12)7-2(4(10)11)1-3(8)9;;;/h2*2H,1H2,(H,8,9)(H,10,11)(H3,6,7,12);;;/q;;2*+1;+2/p-4/t2*2-;;;/m00.../s1. The fourth-order valence-corrected chi connectivity index (χ4v) is 1.03. The summed E-state index contributed by atoms with van der Waals surface area (Å²) in [4.78, 5) is 53.0. The van der Waals surface area contributed by atoms with Crippen LogP contribution in [0, 0.1) is 0 Å². The maximum atomic E-state index is 10.2. The number of carbonyl (C=O) groups excluding carboxylic acids is 4. The molecule has 27 heavy (non-hydrogen) atoms. The van der Waals surface area contributed by atoms with Gasteiger partial charge in [0.05, 0.1) is 12.0 Å². The molecular weight excluding hydrogens is 439 g/mol. The fourth-order valence-electron chi connectivity index (χ4n) is 1.03. The van der Waals surface area contributed by atoms with Gasteiger partial charge in [0.25, 0.3) is 0 Å². The number of hydrogen-bond acceptors (Lipinski definition) is 10. The van der Waals surface area contributed by atoms with E-state index in [2.05, 4.69) is 16.5 Å². The zero-order chi connectivity index (χ0) is 19.4. The number of primary amides is 1. The summed E-state index contributed by atoms with van der Waals surface area (Å²) >= 11 is 0. The Morgan fingerprint density at radius 2 is 1.33 bits per heavy atom. The van der Waals surface area contributed by atoms with Gasteiger partial charge in [0.2, 0.25) is 0 Å². The van der Waals surface area contributed by atoms with Gasteiger partial charge in [-0.05, 0) is 0 Å². The third-order valence-electron chi connectivity index (χ3n) is 1.90. The number of carboxylic acids is 4. The SMILES string of the molecule is NC(=O)N[C@@H](CC(=O)[O-])C(=O)O.NC([O-])=N[C@@H](CC(=O)[O-])C(=O)[O-].[K+].[K+].[Mg+2]. The van der Waals surface area contributed by atoms with E-state index in [9.17, 15) is 44.4 Å². The molecule has 2 amide bonds. The Bertz CT molecular complexity index is 528. The van der Waals surface area contributed by atoms with E-state index in [-0.39, 0.29) is 126 Å². The second-order valence-corrected chi connectivity index (χ2v) is 3.85. The van der Waals surface area contributed by atoms with E-state index >= 15 is 0 Å². The topological polar surface area (TPSA) is 274 Å². The van der Waals surface area contributed by atoms with Crippen molar-refractivity contribution in [1.29, 1.82) is 0 Å². The maximum absolute atomic E-state index is 10.2. The summed E-state index contributed by atoms with van der Waals surface area (Å²) in [7, 11) is 0. The van der Waals surface area contributed by atoms with Crippen molar-refractivity contribution in [3.05, 3.63) is 0 Å². The molecule has 136 valence electrons. The Labute approximate surface area is 253 Å². The van der Waals surface area contributed by atoms with Crippen LogP contribution < -0.4 is 140 Å². The van der Waals surface area contributed by atoms with E-state index in [1.165, 1.54) is 0 Å². The summed E-state index contributed by atoms with van der Waals surface area (Å²) < 4.78 is 0. The number of carbonyl (C=O) groups is 5. The Morgan fingerprint density at radius 3 is 1.56 bits per heavy atom. The van der Waals surface area contributed by atoms with E-state index in [4.69, 9.17) is 5.11 Å². The third kappa shape index (κ3) is 26.5. The monoisotopic (exact) mass is 450 g/mol. The van der Waals surface area contributed by atoms with Gasteiger partial charge >= 0.3 is 138 Å². The molecule has 6 N–H and O–H groups in total.